The summed E-state index contributed by atoms with van der Waals surface area (Å²) in [6, 6.07) is -0.551. The largest absolute Gasteiger partial charge is 1.00 e. The second-order valence-corrected chi connectivity index (χ2v) is 6.81. The normalized spacial score (nSPS) is 11.5. The molecule has 1 N–H and O–H groups in total. The number of esters is 1. The molecule has 0 aliphatic carbocycles. The summed E-state index contributed by atoms with van der Waals surface area (Å²) in [7, 11) is 1.33. The number of methoxy groups -OCH3 is 1. The molecule has 5 heteroatoms. The maximum Gasteiger partial charge on any atom is 1.00 e. The van der Waals surface area contributed by atoms with Gasteiger partial charge in [0, 0.05) is 6.42 Å². The van der Waals surface area contributed by atoms with Gasteiger partial charge in [-0.25, -0.2) is 4.79 Å². The molecule has 0 fully saturated rings. The Balaban J connectivity index is -0.00000264. The first-order valence-electron chi connectivity index (χ1n) is 9.99. The predicted molar refractivity (Wildman–Crippen MR) is 101 cm³/mol. The number of ether oxygens (including phenoxy) is 1. The number of amides is 1. The van der Waals surface area contributed by atoms with Crippen molar-refractivity contribution in [2.24, 2.45) is 0 Å². The molecule has 0 spiro atoms. The van der Waals surface area contributed by atoms with E-state index in [2.05, 4.69) is 17.0 Å². The van der Waals surface area contributed by atoms with E-state index in [1.54, 1.807) is 6.92 Å². The summed E-state index contributed by atoms with van der Waals surface area (Å²) in [5, 5.41) is 2.66. The first-order valence-corrected chi connectivity index (χ1v) is 9.99. The van der Waals surface area contributed by atoms with Crippen LogP contribution < -0.4 is 56.7 Å². The molecule has 0 aromatic heterocycles. The van der Waals surface area contributed by atoms with Crippen LogP contribution in [0.4, 0.5) is 0 Å². The van der Waals surface area contributed by atoms with E-state index in [0.717, 1.165) is 12.8 Å². The van der Waals surface area contributed by atoms with Gasteiger partial charge < -0.3 is 11.5 Å². The van der Waals surface area contributed by atoms with Crippen molar-refractivity contribution >= 4 is 11.9 Å². The van der Waals surface area contributed by atoms with Crippen molar-refractivity contribution in [2.45, 2.75) is 110 Å². The zero-order valence-corrected chi connectivity index (χ0v) is 20.3. The molecule has 0 aromatic rings. The Labute approximate surface area is 199 Å². The third-order valence-electron chi connectivity index (χ3n) is 4.44. The van der Waals surface area contributed by atoms with Crippen LogP contribution in [0.2, 0.25) is 0 Å². The van der Waals surface area contributed by atoms with Crippen LogP contribution in [0.15, 0.2) is 0 Å². The SMILES string of the molecule is CCCCCCCCCCCCCCCC(=O)N[C@@H](C)C(=O)OC.[H-].[K+]. The standard InChI is InChI=1S/C20H39NO3.K.H/c1-4-5-6-7-8-9-10-11-12-13-14-15-16-17-19(22)21-18(2)20(23)24-3;;/h18H,4-17H2,1-3H3,(H,21,22);;/q;+1;-1/t18-;;/m0../s1. The van der Waals surface area contributed by atoms with E-state index < -0.39 is 12.0 Å². The summed E-state index contributed by atoms with van der Waals surface area (Å²) in [5.41, 5.74) is 0. The Bertz CT molecular complexity index is 330. The smallest absolute Gasteiger partial charge is 1.00 e. The molecule has 0 saturated carbocycles. The topological polar surface area (TPSA) is 55.4 Å². The van der Waals surface area contributed by atoms with Crippen LogP contribution in [0.5, 0.6) is 0 Å². The van der Waals surface area contributed by atoms with Gasteiger partial charge in [-0.15, -0.1) is 0 Å². The van der Waals surface area contributed by atoms with Crippen molar-refractivity contribution in [2.75, 3.05) is 7.11 Å². The molecular formula is C20H40KNO3. The van der Waals surface area contributed by atoms with Crippen LogP contribution in [0.25, 0.3) is 0 Å². The molecule has 4 nitrogen and oxygen atoms in total. The van der Waals surface area contributed by atoms with Gasteiger partial charge in [-0.05, 0) is 13.3 Å². The number of rotatable bonds is 16. The zero-order valence-electron chi connectivity index (χ0n) is 18.2. The molecular weight excluding hydrogens is 341 g/mol. The number of hydrogen-bond donors (Lipinski definition) is 1. The minimum Gasteiger partial charge on any atom is -1.00 e. The average Bonchev–Trinajstić information content (AvgIpc) is 2.58. The molecule has 0 rings (SSSR count). The van der Waals surface area contributed by atoms with E-state index in [1.807, 2.05) is 0 Å². The van der Waals surface area contributed by atoms with Crippen LogP contribution in [0.3, 0.4) is 0 Å². The minimum absolute atomic E-state index is 0. The maximum absolute atomic E-state index is 11.7. The summed E-state index contributed by atoms with van der Waals surface area (Å²) < 4.78 is 4.58. The van der Waals surface area contributed by atoms with Crippen LogP contribution in [0.1, 0.15) is 105 Å². The minimum atomic E-state index is -0.551. The Hall–Kier alpha value is 0.576. The summed E-state index contributed by atoms with van der Waals surface area (Å²) in [6.45, 7) is 3.91. The van der Waals surface area contributed by atoms with Gasteiger partial charge in [-0.3, -0.25) is 4.79 Å². The fraction of sp³-hybridized carbons (Fsp3) is 0.900. The summed E-state index contributed by atoms with van der Waals surface area (Å²) in [5.74, 6) is -0.454. The molecule has 0 bridgehead atoms. The summed E-state index contributed by atoms with van der Waals surface area (Å²) in [4.78, 5) is 22.9. The molecule has 1 atom stereocenters. The molecule has 144 valence electrons. The van der Waals surface area contributed by atoms with Crippen molar-refractivity contribution in [1.29, 1.82) is 0 Å². The van der Waals surface area contributed by atoms with E-state index in [-0.39, 0.29) is 58.7 Å². The van der Waals surface area contributed by atoms with E-state index in [4.69, 9.17) is 0 Å². The molecule has 0 aliphatic rings. The summed E-state index contributed by atoms with van der Waals surface area (Å²) >= 11 is 0. The summed E-state index contributed by atoms with van der Waals surface area (Å²) in [6.07, 6.45) is 17.3. The number of hydrogen-bond acceptors (Lipinski definition) is 3. The monoisotopic (exact) mass is 381 g/mol. The van der Waals surface area contributed by atoms with Gasteiger partial charge in [0.15, 0.2) is 0 Å². The van der Waals surface area contributed by atoms with Crippen molar-refractivity contribution in [3.05, 3.63) is 0 Å². The van der Waals surface area contributed by atoms with Crippen LogP contribution >= 0.6 is 0 Å². The predicted octanol–water partition coefficient (Wildman–Crippen LogP) is 2.26. The van der Waals surface area contributed by atoms with Gasteiger partial charge in [0.1, 0.15) is 6.04 Å². The number of nitrogens with one attached hydrogen (secondary N) is 1. The van der Waals surface area contributed by atoms with E-state index in [1.165, 1.54) is 77.7 Å². The Morgan fingerprint density at radius 1 is 0.840 bits per heavy atom. The molecule has 0 radical (unpaired) electrons. The Morgan fingerprint density at radius 2 is 1.24 bits per heavy atom. The van der Waals surface area contributed by atoms with Gasteiger partial charge >= 0.3 is 57.4 Å². The fourth-order valence-corrected chi connectivity index (χ4v) is 2.85. The number of unbranched alkanes of at least 4 members (excludes halogenated alkanes) is 12. The van der Waals surface area contributed by atoms with Gasteiger partial charge in [0.05, 0.1) is 7.11 Å². The van der Waals surface area contributed by atoms with Gasteiger partial charge in [0.25, 0.3) is 0 Å². The van der Waals surface area contributed by atoms with Gasteiger partial charge in [-0.1, -0.05) is 84.0 Å². The fourth-order valence-electron chi connectivity index (χ4n) is 2.85. The molecule has 0 heterocycles. The first kappa shape index (κ1) is 27.8. The molecule has 25 heavy (non-hydrogen) atoms. The Morgan fingerprint density at radius 3 is 1.64 bits per heavy atom. The zero-order chi connectivity index (χ0) is 18.0. The van der Waals surface area contributed by atoms with E-state index in [0.29, 0.717) is 6.42 Å². The second kappa shape index (κ2) is 20.9. The second-order valence-electron chi connectivity index (χ2n) is 6.81. The van der Waals surface area contributed by atoms with Crippen molar-refractivity contribution < 1.29 is 67.1 Å². The van der Waals surface area contributed by atoms with Crippen molar-refractivity contribution in [1.82, 2.24) is 5.32 Å². The van der Waals surface area contributed by atoms with Gasteiger partial charge in [-0.2, -0.15) is 0 Å². The third-order valence-corrected chi connectivity index (χ3v) is 4.44. The molecule has 1 amide bonds. The maximum atomic E-state index is 11.7. The molecule has 0 saturated heterocycles. The quantitative estimate of drug-likeness (QED) is 0.253. The molecule has 0 aliphatic heterocycles. The van der Waals surface area contributed by atoms with Crippen LogP contribution in [0, 0.1) is 0 Å². The third kappa shape index (κ3) is 19.1. The Kier molecular flexibility index (Phi) is 23.2. The van der Waals surface area contributed by atoms with Crippen molar-refractivity contribution in [3.8, 4) is 0 Å². The molecule has 0 aromatic carbocycles. The number of carbonyl (C=O) groups excluding carboxylic acids is 2. The van der Waals surface area contributed by atoms with E-state index in [9.17, 15) is 9.59 Å². The van der Waals surface area contributed by atoms with Crippen molar-refractivity contribution in [3.63, 3.8) is 0 Å². The van der Waals surface area contributed by atoms with Crippen LogP contribution in [-0.4, -0.2) is 25.0 Å². The molecule has 0 unspecified atom stereocenters. The first-order chi connectivity index (χ1) is 11.6. The van der Waals surface area contributed by atoms with Gasteiger partial charge in [0.2, 0.25) is 5.91 Å². The number of carbonyl (C=O) groups is 2. The van der Waals surface area contributed by atoms with Crippen LogP contribution in [-0.2, 0) is 14.3 Å². The van der Waals surface area contributed by atoms with E-state index >= 15 is 0 Å². The average molecular weight is 382 g/mol.